The number of ether oxygens (including phenoxy) is 2. The number of hydrogen-bond acceptors (Lipinski definition) is 6. The Bertz CT molecular complexity index is 326. The second-order valence-electron chi connectivity index (χ2n) is 4.39. The molecule has 0 aliphatic carbocycles. The predicted octanol–water partition coefficient (Wildman–Crippen LogP) is -0.166. The third-order valence-electron chi connectivity index (χ3n) is 2.46. The molecule has 1 N–H and O–H groups in total. The number of nitrogens with zero attached hydrogens (tertiary/aromatic N) is 4. The Morgan fingerprint density at radius 1 is 1.35 bits per heavy atom. The Balaban J connectivity index is 2.48. The minimum absolute atomic E-state index is 0.281. The van der Waals surface area contributed by atoms with Gasteiger partial charge in [-0.3, -0.25) is 0 Å². The lowest BCUT2D eigenvalue weighted by Gasteiger charge is -2.22. The number of tetrazole rings is 1. The lowest BCUT2D eigenvalue weighted by Crippen LogP contribution is -2.31. The van der Waals surface area contributed by atoms with Gasteiger partial charge in [0.15, 0.2) is 5.82 Å². The first kappa shape index (κ1) is 14.0. The van der Waals surface area contributed by atoms with E-state index in [-0.39, 0.29) is 5.60 Å². The van der Waals surface area contributed by atoms with Gasteiger partial charge in [0, 0.05) is 20.8 Å². The monoisotopic (exact) mass is 243 g/mol. The van der Waals surface area contributed by atoms with Crippen molar-refractivity contribution in [3.05, 3.63) is 5.82 Å². The van der Waals surface area contributed by atoms with E-state index in [2.05, 4.69) is 20.8 Å². The summed E-state index contributed by atoms with van der Waals surface area (Å²) in [4.78, 5) is 0. The Kier molecular flexibility index (Phi) is 5.46. The number of rotatable bonds is 8. The molecule has 98 valence electrons. The van der Waals surface area contributed by atoms with Crippen molar-refractivity contribution in [2.24, 2.45) is 0 Å². The normalized spacial score (nSPS) is 12.0. The fraction of sp³-hybridized carbons (Fsp3) is 0.900. The second-order valence-corrected chi connectivity index (χ2v) is 4.39. The van der Waals surface area contributed by atoms with E-state index in [0.717, 1.165) is 12.4 Å². The van der Waals surface area contributed by atoms with Gasteiger partial charge in [0.2, 0.25) is 0 Å². The van der Waals surface area contributed by atoms with Crippen LogP contribution in [0.25, 0.3) is 0 Å². The zero-order valence-corrected chi connectivity index (χ0v) is 10.9. The van der Waals surface area contributed by atoms with Crippen molar-refractivity contribution in [3.63, 3.8) is 0 Å². The van der Waals surface area contributed by atoms with Gasteiger partial charge in [0.05, 0.1) is 25.3 Å². The third kappa shape index (κ3) is 4.76. The summed E-state index contributed by atoms with van der Waals surface area (Å²) in [5.41, 5.74) is -0.281. The van der Waals surface area contributed by atoms with Crippen LogP contribution in [0.15, 0.2) is 0 Å². The summed E-state index contributed by atoms with van der Waals surface area (Å²) in [6.45, 7) is 6.68. The quantitative estimate of drug-likeness (QED) is 0.639. The fourth-order valence-corrected chi connectivity index (χ4v) is 1.27. The maximum Gasteiger partial charge on any atom is 0.165 e. The Morgan fingerprint density at radius 3 is 2.76 bits per heavy atom. The van der Waals surface area contributed by atoms with Crippen molar-refractivity contribution >= 4 is 0 Å². The van der Waals surface area contributed by atoms with Crippen LogP contribution in [-0.2, 0) is 22.6 Å². The average Bonchev–Trinajstić information content (AvgIpc) is 2.71. The minimum atomic E-state index is -0.281. The molecule has 0 unspecified atom stereocenters. The van der Waals surface area contributed by atoms with Gasteiger partial charge in [-0.25, -0.2) is 4.68 Å². The summed E-state index contributed by atoms with van der Waals surface area (Å²) < 4.78 is 12.1. The molecule has 0 aliphatic rings. The van der Waals surface area contributed by atoms with Crippen molar-refractivity contribution in [1.82, 2.24) is 25.5 Å². The van der Waals surface area contributed by atoms with E-state index < -0.39 is 0 Å². The van der Waals surface area contributed by atoms with Crippen molar-refractivity contribution < 1.29 is 9.47 Å². The van der Waals surface area contributed by atoms with E-state index in [1.54, 1.807) is 18.9 Å². The van der Waals surface area contributed by atoms with E-state index in [1.807, 2.05) is 13.8 Å². The molecule has 0 aliphatic heterocycles. The van der Waals surface area contributed by atoms with Crippen LogP contribution in [0.3, 0.4) is 0 Å². The highest BCUT2D eigenvalue weighted by Crippen LogP contribution is 2.10. The fourth-order valence-electron chi connectivity index (χ4n) is 1.27. The lowest BCUT2D eigenvalue weighted by molar-refractivity contribution is 0.00422. The van der Waals surface area contributed by atoms with Gasteiger partial charge in [0.25, 0.3) is 0 Å². The molecule has 17 heavy (non-hydrogen) atoms. The standard InChI is InChI=1S/C10H21N5O2/c1-10(2,17-4)8-15-9(12-13-14-15)7-11-5-6-16-3/h11H,5-8H2,1-4H3. The van der Waals surface area contributed by atoms with Gasteiger partial charge < -0.3 is 14.8 Å². The SMILES string of the molecule is COCCNCc1nnnn1CC(C)(C)OC. The Hall–Kier alpha value is -1.05. The highest BCUT2D eigenvalue weighted by molar-refractivity contribution is 4.82. The molecular weight excluding hydrogens is 222 g/mol. The van der Waals surface area contributed by atoms with E-state index in [9.17, 15) is 0 Å². The highest BCUT2D eigenvalue weighted by Gasteiger charge is 2.20. The van der Waals surface area contributed by atoms with Crippen LogP contribution >= 0.6 is 0 Å². The molecule has 0 atom stereocenters. The van der Waals surface area contributed by atoms with E-state index in [4.69, 9.17) is 9.47 Å². The molecular formula is C10H21N5O2. The molecule has 0 fully saturated rings. The topological polar surface area (TPSA) is 74.1 Å². The molecule has 0 bridgehead atoms. The second kappa shape index (κ2) is 6.63. The van der Waals surface area contributed by atoms with Gasteiger partial charge in [-0.15, -0.1) is 5.10 Å². The van der Waals surface area contributed by atoms with Gasteiger partial charge in [-0.1, -0.05) is 0 Å². The van der Waals surface area contributed by atoms with Gasteiger partial charge in [-0.05, 0) is 24.3 Å². The molecule has 1 aromatic rings. The maximum absolute atomic E-state index is 5.35. The minimum Gasteiger partial charge on any atom is -0.383 e. The van der Waals surface area contributed by atoms with E-state index in [0.29, 0.717) is 19.7 Å². The molecule has 0 amide bonds. The van der Waals surface area contributed by atoms with Gasteiger partial charge in [-0.2, -0.15) is 0 Å². The molecule has 0 saturated heterocycles. The third-order valence-corrected chi connectivity index (χ3v) is 2.46. The number of hydrogen-bond donors (Lipinski definition) is 1. The molecule has 1 heterocycles. The largest absolute Gasteiger partial charge is 0.383 e. The van der Waals surface area contributed by atoms with Crippen molar-refractivity contribution in [2.45, 2.75) is 32.5 Å². The number of methoxy groups -OCH3 is 2. The van der Waals surface area contributed by atoms with Crippen molar-refractivity contribution in [1.29, 1.82) is 0 Å². The van der Waals surface area contributed by atoms with Crippen LogP contribution in [0.1, 0.15) is 19.7 Å². The van der Waals surface area contributed by atoms with E-state index in [1.165, 1.54) is 0 Å². The van der Waals surface area contributed by atoms with E-state index >= 15 is 0 Å². The Morgan fingerprint density at radius 2 is 2.12 bits per heavy atom. The molecule has 7 heteroatoms. The van der Waals surface area contributed by atoms with Crippen LogP contribution in [0.5, 0.6) is 0 Å². The first-order valence-corrected chi connectivity index (χ1v) is 5.59. The summed E-state index contributed by atoms with van der Waals surface area (Å²) in [5.74, 6) is 0.797. The first-order chi connectivity index (χ1) is 8.09. The lowest BCUT2D eigenvalue weighted by atomic mass is 10.1. The zero-order valence-electron chi connectivity index (χ0n) is 10.9. The molecule has 1 aromatic heterocycles. The van der Waals surface area contributed by atoms with Gasteiger partial charge >= 0.3 is 0 Å². The van der Waals surface area contributed by atoms with Crippen LogP contribution in [-0.4, -0.2) is 53.2 Å². The summed E-state index contributed by atoms with van der Waals surface area (Å²) in [5, 5.41) is 14.8. The average molecular weight is 243 g/mol. The Labute approximate surface area is 101 Å². The van der Waals surface area contributed by atoms with Crippen LogP contribution in [0.2, 0.25) is 0 Å². The maximum atomic E-state index is 5.35. The molecule has 0 radical (unpaired) electrons. The highest BCUT2D eigenvalue weighted by atomic mass is 16.5. The van der Waals surface area contributed by atoms with Crippen LogP contribution in [0.4, 0.5) is 0 Å². The molecule has 7 nitrogen and oxygen atoms in total. The molecule has 0 spiro atoms. The van der Waals surface area contributed by atoms with Crippen LogP contribution < -0.4 is 5.32 Å². The first-order valence-electron chi connectivity index (χ1n) is 5.59. The van der Waals surface area contributed by atoms with Crippen molar-refractivity contribution in [3.8, 4) is 0 Å². The van der Waals surface area contributed by atoms with Gasteiger partial charge in [0.1, 0.15) is 0 Å². The summed E-state index contributed by atoms with van der Waals surface area (Å²) in [7, 11) is 3.35. The summed E-state index contributed by atoms with van der Waals surface area (Å²) in [6, 6.07) is 0. The smallest absolute Gasteiger partial charge is 0.165 e. The molecule has 0 saturated carbocycles. The van der Waals surface area contributed by atoms with Crippen LogP contribution in [0, 0.1) is 0 Å². The predicted molar refractivity (Wildman–Crippen MR) is 62.5 cm³/mol. The molecule has 1 rings (SSSR count). The summed E-state index contributed by atoms with van der Waals surface area (Å²) in [6.07, 6.45) is 0. The van der Waals surface area contributed by atoms with Crippen molar-refractivity contribution in [2.75, 3.05) is 27.4 Å². The number of aromatic nitrogens is 4. The summed E-state index contributed by atoms with van der Waals surface area (Å²) >= 11 is 0. The zero-order chi connectivity index (χ0) is 12.7. The number of nitrogens with one attached hydrogen (secondary N) is 1. The molecule has 0 aromatic carbocycles.